The fourth-order valence-corrected chi connectivity index (χ4v) is 3.90. The Kier molecular flexibility index (Phi) is 5.16. The van der Waals surface area contributed by atoms with Crippen LogP contribution in [0.25, 0.3) is 22.4 Å². The third kappa shape index (κ3) is 4.07. The number of hydrogen-bond acceptors (Lipinski definition) is 6. The van der Waals surface area contributed by atoms with Gasteiger partial charge < -0.3 is 9.47 Å². The molecule has 4 rings (SSSR count). The molecule has 148 valence electrons. The number of pyridine rings is 1. The number of fused-ring (bicyclic) bond motifs is 1. The molecule has 0 aliphatic heterocycles. The number of aromatic nitrogens is 5. The summed E-state index contributed by atoms with van der Waals surface area (Å²) in [5.74, 6) is 1.88. The SMILES string of the molecule is COc1ccnc(C2CC2)c1-c1ncc2c(cnn2COCC[Si](C)(C)C)n1. The first-order valence-corrected chi connectivity index (χ1v) is 13.5. The van der Waals surface area contributed by atoms with E-state index < -0.39 is 8.07 Å². The van der Waals surface area contributed by atoms with Gasteiger partial charge in [-0.25, -0.2) is 14.6 Å². The molecule has 0 radical (unpaired) electrons. The minimum absolute atomic E-state index is 0.417. The molecule has 7 nitrogen and oxygen atoms in total. The number of hydrogen-bond donors (Lipinski definition) is 0. The average molecular weight is 398 g/mol. The molecule has 0 atom stereocenters. The van der Waals surface area contributed by atoms with Crippen LogP contribution in [-0.2, 0) is 11.5 Å². The highest BCUT2D eigenvalue weighted by Gasteiger charge is 2.30. The lowest BCUT2D eigenvalue weighted by molar-refractivity contribution is 0.0816. The molecule has 1 aliphatic rings. The highest BCUT2D eigenvalue weighted by atomic mass is 28.3. The molecule has 1 fully saturated rings. The van der Waals surface area contributed by atoms with Crippen molar-refractivity contribution in [2.75, 3.05) is 13.7 Å². The van der Waals surface area contributed by atoms with E-state index in [1.54, 1.807) is 19.5 Å². The summed E-state index contributed by atoms with van der Waals surface area (Å²) < 4.78 is 13.2. The number of nitrogens with zero attached hydrogens (tertiary/aromatic N) is 5. The van der Waals surface area contributed by atoms with E-state index in [1.165, 1.54) is 0 Å². The molecule has 1 saturated carbocycles. The third-order valence-corrected chi connectivity index (χ3v) is 6.66. The van der Waals surface area contributed by atoms with Crippen LogP contribution >= 0.6 is 0 Å². The van der Waals surface area contributed by atoms with Crippen molar-refractivity contribution < 1.29 is 9.47 Å². The molecule has 0 aromatic carbocycles. The van der Waals surface area contributed by atoms with Crippen molar-refractivity contribution in [1.29, 1.82) is 0 Å². The van der Waals surface area contributed by atoms with E-state index >= 15 is 0 Å². The first kappa shape index (κ1) is 19.0. The van der Waals surface area contributed by atoms with Crippen LogP contribution in [0, 0.1) is 0 Å². The summed E-state index contributed by atoms with van der Waals surface area (Å²) in [4.78, 5) is 13.9. The maximum atomic E-state index is 5.82. The van der Waals surface area contributed by atoms with Gasteiger partial charge in [0.25, 0.3) is 0 Å². The lowest BCUT2D eigenvalue weighted by Gasteiger charge is -2.15. The molecular formula is C20H27N5O2Si. The Bertz CT molecular complexity index is 978. The zero-order chi connectivity index (χ0) is 19.7. The zero-order valence-electron chi connectivity index (χ0n) is 17.0. The quantitative estimate of drug-likeness (QED) is 0.421. The van der Waals surface area contributed by atoms with Crippen LogP contribution in [0.5, 0.6) is 5.75 Å². The van der Waals surface area contributed by atoms with E-state index in [-0.39, 0.29) is 0 Å². The molecule has 0 unspecified atom stereocenters. The first-order valence-electron chi connectivity index (χ1n) is 9.76. The van der Waals surface area contributed by atoms with E-state index in [1.807, 2.05) is 16.9 Å². The van der Waals surface area contributed by atoms with Gasteiger partial charge in [0.2, 0.25) is 0 Å². The van der Waals surface area contributed by atoms with Crippen molar-refractivity contribution in [1.82, 2.24) is 24.7 Å². The van der Waals surface area contributed by atoms with E-state index in [2.05, 4.69) is 34.7 Å². The molecule has 28 heavy (non-hydrogen) atoms. The first-order chi connectivity index (χ1) is 13.5. The molecule has 0 saturated heterocycles. The molecule has 3 aromatic rings. The summed E-state index contributed by atoms with van der Waals surface area (Å²) in [5, 5.41) is 4.43. The van der Waals surface area contributed by atoms with Crippen LogP contribution in [0.1, 0.15) is 24.5 Å². The normalized spacial score (nSPS) is 14.6. The molecule has 3 heterocycles. The second-order valence-electron chi connectivity index (χ2n) is 8.50. The summed E-state index contributed by atoms with van der Waals surface area (Å²) in [5.41, 5.74) is 3.59. The fourth-order valence-electron chi connectivity index (χ4n) is 3.14. The minimum Gasteiger partial charge on any atom is -0.496 e. The van der Waals surface area contributed by atoms with Gasteiger partial charge in [0.05, 0.1) is 30.8 Å². The van der Waals surface area contributed by atoms with Crippen LogP contribution in [0.4, 0.5) is 0 Å². The Morgan fingerprint density at radius 1 is 1.18 bits per heavy atom. The van der Waals surface area contributed by atoms with E-state index in [4.69, 9.17) is 14.5 Å². The Morgan fingerprint density at radius 2 is 2.00 bits per heavy atom. The van der Waals surface area contributed by atoms with Crippen LogP contribution in [0.3, 0.4) is 0 Å². The van der Waals surface area contributed by atoms with Crippen LogP contribution in [-0.4, -0.2) is 46.5 Å². The highest BCUT2D eigenvalue weighted by Crippen LogP contribution is 2.45. The van der Waals surface area contributed by atoms with Gasteiger partial charge in [-0.1, -0.05) is 19.6 Å². The molecule has 0 spiro atoms. The molecule has 3 aromatic heterocycles. The molecule has 0 bridgehead atoms. The number of methoxy groups -OCH3 is 1. The maximum absolute atomic E-state index is 5.82. The Balaban J connectivity index is 1.59. The number of ether oxygens (including phenoxy) is 2. The minimum atomic E-state index is -1.09. The van der Waals surface area contributed by atoms with Crippen molar-refractivity contribution in [3.8, 4) is 17.1 Å². The van der Waals surface area contributed by atoms with E-state index in [0.29, 0.717) is 18.5 Å². The van der Waals surface area contributed by atoms with Gasteiger partial charge in [0.15, 0.2) is 5.82 Å². The maximum Gasteiger partial charge on any atom is 0.165 e. The Labute approximate surface area is 166 Å². The number of rotatable bonds is 8. The van der Waals surface area contributed by atoms with Gasteiger partial charge in [0, 0.05) is 26.8 Å². The van der Waals surface area contributed by atoms with Gasteiger partial charge >= 0.3 is 0 Å². The van der Waals surface area contributed by atoms with Gasteiger partial charge in [0.1, 0.15) is 23.5 Å². The van der Waals surface area contributed by atoms with Crippen molar-refractivity contribution in [3.05, 3.63) is 30.4 Å². The van der Waals surface area contributed by atoms with E-state index in [9.17, 15) is 0 Å². The van der Waals surface area contributed by atoms with E-state index in [0.717, 1.165) is 53.5 Å². The topological polar surface area (TPSA) is 75.0 Å². The molecular weight excluding hydrogens is 370 g/mol. The summed E-state index contributed by atoms with van der Waals surface area (Å²) in [6.45, 7) is 8.21. The molecule has 1 aliphatic carbocycles. The third-order valence-electron chi connectivity index (χ3n) is 4.96. The van der Waals surface area contributed by atoms with Crippen molar-refractivity contribution in [2.45, 2.75) is 51.2 Å². The van der Waals surface area contributed by atoms with Crippen LogP contribution < -0.4 is 4.74 Å². The van der Waals surface area contributed by atoms with Crippen LogP contribution in [0.15, 0.2) is 24.7 Å². The van der Waals surface area contributed by atoms with Gasteiger partial charge in [-0.05, 0) is 25.0 Å². The largest absolute Gasteiger partial charge is 0.496 e. The van der Waals surface area contributed by atoms with Gasteiger partial charge in [-0.15, -0.1) is 0 Å². The summed E-state index contributed by atoms with van der Waals surface area (Å²) >= 11 is 0. The Morgan fingerprint density at radius 3 is 2.71 bits per heavy atom. The average Bonchev–Trinajstić information content (AvgIpc) is 3.44. The molecule has 0 N–H and O–H groups in total. The predicted octanol–water partition coefficient (Wildman–Crippen LogP) is 4.09. The van der Waals surface area contributed by atoms with Crippen molar-refractivity contribution in [3.63, 3.8) is 0 Å². The Hall–Kier alpha value is -2.32. The van der Waals surface area contributed by atoms with Crippen LogP contribution in [0.2, 0.25) is 25.7 Å². The predicted molar refractivity (Wildman–Crippen MR) is 111 cm³/mol. The summed E-state index contributed by atoms with van der Waals surface area (Å²) in [6, 6.07) is 3.00. The molecule has 0 amide bonds. The lowest BCUT2D eigenvalue weighted by atomic mass is 10.1. The second-order valence-corrected chi connectivity index (χ2v) is 14.1. The lowest BCUT2D eigenvalue weighted by Crippen LogP contribution is -2.22. The summed E-state index contributed by atoms with van der Waals surface area (Å²) in [6.07, 6.45) is 7.69. The smallest absolute Gasteiger partial charge is 0.165 e. The fraction of sp³-hybridized carbons (Fsp3) is 0.500. The highest BCUT2D eigenvalue weighted by molar-refractivity contribution is 6.76. The zero-order valence-corrected chi connectivity index (χ0v) is 18.0. The van der Waals surface area contributed by atoms with Crippen molar-refractivity contribution >= 4 is 19.1 Å². The monoisotopic (exact) mass is 397 g/mol. The molecule has 8 heteroatoms. The van der Waals surface area contributed by atoms with Crippen molar-refractivity contribution in [2.24, 2.45) is 0 Å². The summed E-state index contributed by atoms with van der Waals surface area (Å²) in [7, 11) is 0.577. The van der Waals surface area contributed by atoms with Gasteiger partial charge in [-0.2, -0.15) is 5.10 Å². The standard InChI is InChI=1S/C20H27N5O2Si/c1-26-17-7-8-21-19(14-5-6-14)18(17)20-22-12-16-15(24-20)11-23-25(16)13-27-9-10-28(2,3)4/h7-8,11-12,14H,5-6,9-10,13H2,1-4H3. The second kappa shape index (κ2) is 7.60. The van der Waals surface area contributed by atoms with Gasteiger partial charge in [-0.3, -0.25) is 4.98 Å².